The lowest BCUT2D eigenvalue weighted by Crippen LogP contribution is -2.31. The summed E-state index contributed by atoms with van der Waals surface area (Å²) in [6.45, 7) is 0.450. The van der Waals surface area contributed by atoms with E-state index in [2.05, 4.69) is 15.4 Å². The number of urea groups is 1. The Labute approximate surface area is 137 Å². The molecule has 0 radical (unpaired) electrons. The van der Waals surface area contributed by atoms with Gasteiger partial charge in [0, 0.05) is 11.8 Å². The van der Waals surface area contributed by atoms with Crippen LogP contribution in [0.2, 0.25) is 0 Å². The summed E-state index contributed by atoms with van der Waals surface area (Å²) >= 11 is 0. The van der Waals surface area contributed by atoms with Crippen molar-refractivity contribution in [3.8, 4) is 5.75 Å². The molecule has 2 amide bonds. The molecule has 128 valence electrons. The molecule has 2 aromatic rings. The second-order valence-corrected chi connectivity index (χ2v) is 5.16. The molecule has 0 aliphatic heterocycles. The Bertz CT molecular complexity index is 675. The van der Waals surface area contributed by atoms with Crippen molar-refractivity contribution in [3.63, 3.8) is 0 Å². The Hall–Kier alpha value is -2.70. The fourth-order valence-corrected chi connectivity index (χ4v) is 2.02. The van der Waals surface area contributed by atoms with Crippen LogP contribution in [0.4, 0.5) is 23.7 Å². The van der Waals surface area contributed by atoms with Gasteiger partial charge in [-0.05, 0) is 24.6 Å². The number of benzene rings is 2. The maximum atomic E-state index is 12.2. The quantitative estimate of drug-likeness (QED) is 0.843. The number of hydrogen-bond donors (Lipinski definition) is 2. The molecule has 0 heterocycles. The molecule has 2 rings (SSSR count). The molecule has 1 unspecified atom stereocenters. The van der Waals surface area contributed by atoms with Crippen molar-refractivity contribution in [3.05, 3.63) is 60.2 Å². The van der Waals surface area contributed by atoms with Crippen molar-refractivity contribution < 1.29 is 22.7 Å². The van der Waals surface area contributed by atoms with Crippen molar-refractivity contribution in [1.29, 1.82) is 0 Å². The molecule has 0 aromatic heterocycles. The highest BCUT2D eigenvalue weighted by Crippen LogP contribution is 2.21. The summed E-state index contributed by atoms with van der Waals surface area (Å²) in [5, 5.41) is 5.32. The van der Waals surface area contributed by atoms with Crippen LogP contribution < -0.4 is 15.4 Å². The molecular formula is C17H17F3N2O2. The molecule has 7 heteroatoms. The molecule has 2 aromatic carbocycles. The number of carbonyl (C=O) groups is 1. The Balaban J connectivity index is 1.92. The molecule has 0 saturated heterocycles. The van der Waals surface area contributed by atoms with Crippen LogP contribution in [0, 0.1) is 0 Å². The lowest BCUT2D eigenvalue weighted by atomic mass is 10.1. The van der Waals surface area contributed by atoms with E-state index in [1.54, 1.807) is 6.07 Å². The van der Waals surface area contributed by atoms with Gasteiger partial charge in [-0.2, -0.15) is 13.2 Å². The van der Waals surface area contributed by atoms with E-state index in [0.29, 0.717) is 5.69 Å². The summed E-state index contributed by atoms with van der Waals surface area (Å²) in [6.07, 6.45) is -4.41. The Morgan fingerprint density at radius 1 is 1.12 bits per heavy atom. The third-order valence-electron chi connectivity index (χ3n) is 3.14. The van der Waals surface area contributed by atoms with E-state index in [0.717, 1.165) is 5.56 Å². The van der Waals surface area contributed by atoms with E-state index in [4.69, 9.17) is 0 Å². The third-order valence-corrected chi connectivity index (χ3v) is 3.14. The van der Waals surface area contributed by atoms with E-state index in [1.165, 1.54) is 18.2 Å². The number of rotatable bonds is 5. The number of anilines is 1. The summed E-state index contributed by atoms with van der Waals surface area (Å²) < 4.78 is 41.1. The van der Waals surface area contributed by atoms with Gasteiger partial charge in [0.05, 0.1) is 6.04 Å². The van der Waals surface area contributed by atoms with Gasteiger partial charge >= 0.3 is 12.2 Å². The maximum absolute atomic E-state index is 12.2. The van der Waals surface area contributed by atoms with Crippen LogP contribution in [0.15, 0.2) is 54.6 Å². The molecule has 0 saturated carbocycles. The van der Waals surface area contributed by atoms with Crippen molar-refractivity contribution in [2.45, 2.75) is 19.1 Å². The van der Waals surface area contributed by atoms with Crippen LogP contribution in [0.25, 0.3) is 0 Å². The molecule has 1 atom stereocenters. The van der Waals surface area contributed by atoms with Crippen molar-refractivity contribution in [2.75, 3.05) is 11.9 Å². The van der Waals surface area contributed by atoms with Gasteiger partial charge in [0.2, 0.25) is 0 Å². The topological polar surface area (TPSA) is 50.4 Å². The lowest BCUT2D eigenvalue weighted by molar-refractivity contribution is -0.153. The molecule has 0 aliphatic rings. The van der Waals surface area contributed by atoms with E-state index in [1.807, 2.05) is 37.3 Å². The normalized spacial score (nSPS) is 12.3. The minimum atomic E-state index is -4.41. The zero-order chi connectivity index (χ0) is 17.6. The molecule has 4 nitrogen and oxygen atoms in total. The fraction of sp³-hybridized carbons (Fsp3) is 0.235. The Kier molecular flexibility index (Phi) is 5.68. The molecule has 0 spiro atoms. The fourth-order valence-electron chi connectivity index (χ4n) is 2.02. The van der Waals surface area contributed by atoms with Gasteiger partial charge in [0.25, 0.3) is 0 Å². The molecule has 0 bridgehead atoms. The average Bonchev–Trinajstić information content (AvgIpc) is 2.53. The first-order chi connectivity index (χ1) is 11.3. The predicted molar refractivity (Wildman–Crippen MR) is 85.0 cm³/mol. The van der Waals surface area contributed by atoms with Crippen LogP contribution in [0.1, 0.15) is 18.5 Å². The minimum absolute atomic E-state index is 0.0289. The van der Waals surface area contributed by atoms with Crippen molar-refractivity contribution in [2.24, 2.45) is 0 Å². The van der Waals surface area contributed by atoms with Gasteiger partial charge in [0.15, 0.2) is 6.61 Å². The number of carbonyl (C=O) groups excluding carboxylic acids is 1. The number of amides is 2. The molecule has 24 heavy (non-hydrogen) atoms. The van der Waals surface area contributed by atoms with E-state index >= 15 is 0 Å². The number of alkyl halides is 3. The second-order valence-electron chi connectivity index (χ2n) is 5.16. The van der Waals surface area contributed by atoms with Gasteiger partial charge in [0.1, 0.15) is 5.75 Å². The van der Waals surface area contributed by atoms with Crippen LogP contribution >= 0.6 is 0 Å². The second kappa shape index (κ2) is 7.72. The summed E-state index contributed by atoms with van der Waals surface area (Å²) in [5.74, 6) is 0.0289. The molecule has 2 N–H and O–H groups in total. The Morgan fingerprint density at radius 3 is 2.50 bits per heavy atom. The standard InChI is InChI=1S/C17H17F3N2O2/c1-12(13-6-3-2-4-7-13)21-16(23)22-14-8-5-9-15(10-14)24-11-17(18,19)20/h2-10,12H,11H2,1H3,(H2,21,22,23). The van der Waals surface area contributed by atoms with Crippen LogP contribution in [-0.4, -0.2) is 18.8 Å². The maximum Gasteiger partial charge on any atom is 0.422 e. The van der Waals surface area contributed by atoms with Crippen LogP contribution in [0.5, 0.6) is 5.75 Å². The summed E-state index contributed by atoms with van der Waals surface area (Å²) in [7, 11) is 0. The van der Waals surface area contributed by atoms with E-state index in [9.17, 15) is 18.0 Å². The van der Waals surface area contributed by atoms with Crippen molar-refractivity contribution >= 4 is 11.7 Å². The highest BCUT2D eigenvalue weighted by molar-refractivity contribution is 5.89. The molecular weight excluding hydrogens is 321 g/mol. The number of halogens is 3. The zero-order valence-electron chi connectivity index (χ0n) is 12.9. The first-order valence-electron chi connectivity index (χ1n) is 7.25. The average molecular weight is 338 g/mol. The van der Waals surface area contributed by atoms with Gasteiger partial charge < -0.3 is 15.4 Å². The van der Waals surface area contributed by atoms with Crippen LogP contribution in [-0.2, 0) is 0 Å². The lowest BCUT2D eigenvalue weighted by Gasteiger charge is -2.15. The monoisotopic (exact) mass is 338 g/mol. The van der Waals surface area contributed by atoms with Gasteiger partial charge in [-0.1, -0.05) is 36.4 Å². The summed E-state index contributed by atoms with van der Waals surface area (Å²) in [5.41, 5.74) is 1.28. The summed E-state index contributed by atoms with van der Waals surface area (Å²) in [6, 6.07) is 14.5. The third kappa shape index (κ3) is 5.83. The molecule has 0 aliphatic carbocycles. The highest BCUT2D eigenvalue weighted by Gasteiger charge is 2.28. The van der Waals surface area contributed by atoms with E-state index < -0.39 is 18.8 Å². The zero-order valence-corrected chi connectivity index (χ0v) is 12.9. The SMILES string of the molecule is CC(NC(=O)Nc1cccc(OCC(F)(F)F)c1)c1ccccc1. The van der Waals surface area contributed by atoms with Gasteiger partial charge in [-0.25, -0.2) is 4.79 Å². The Morgan fingerprint density at radius 2 is 1.83 bits per heavy atom. The first-order valence-corrected chi connectivity index (χ1v) is 7.25. The number of nitrogens with one attached hydrogen (secondary N) is 2. The minimum Gasteiger partial charge on any atom is -0.484 e. The first kappa shape index (κ1) is 17.7. The smallest absolute Gasteiger partial charge is 0.422 e. The summed E-state index contributed by atoms with van der Waals surface area (Å²) in [4.78, 5) is 12.0. The van der Waals surface area contributed by atoms with Crippen molar-refractivity contribution in [1.82, 2.24) is 5.32 Å². The number of hydrogen-bond acceptors (Lipinski definition) is 2. The number of ether oxygens (including phenoxy) is 1. The molecule has 0 fully saturated rings. The largest absolute Gasteiger partial charge is 0.484 e. The predicted octanol–water partition coefficient (Wildman–Crippen LogP) is 4.51. The highest BCUT2D eigenvalue weighted by atomic mass is 19.4. The van der Waals surface area contributed by atoms with Crippen LogP contribution in [0.3, 0.4) is 0 Å². The van der Waals surface area contributed by atoms with Gasteiger partial charge in [-0.3, -0.25) is 0 Å². The van der Waals surface area contributed by atoms with Gasteiger partial charge in [-0.15, -0.1) is 0 Å². The van der Waals surface area contributed by atoms with E-state index in [-0.39, 0.29) is 11.8 Å².